The molecule has 6 nitrogen and oxygen atoms in total. The molecular weight excluding hydrogens is 472 g/mol. The van der Waals surface area contributed by atoms with E-state index >= 15 is 0 Å². The van der Waals surface area contributed by atoms with Gasteiger partial charge in [-0.25, -0.2) is 9.59 Å². The van der Waals surface area contributed by atoms with E-state index in [0.29, 0.717) is 22.3 Å². The molecule has 7 heteroatoms. The van der Waals surface area contributed by atoms with Crippen molar-refractivity contribution in [2.24, 2.45) is 0 Å². The van der Waals surface area contributed by atoms with Crippen LogP contribution in [0, 0.1) is 0 Å². The molecule has 0 saturated carbocycles. The highest BCUT2D eigenvalue weighted by molar-refractivity contribution is 8.00. The summed E-state index contributed by atoms with van der Waals surface area (Å²) in [7, 11) is 0. The highest BCUT2D eigenvalue weighted by Crippen LogP contribution is 2.56. The van der Waals surface area contributed by atoms with Gasteiger partial charge in [0.05, 0.1) is 5.56 Å². The Balaban J connectivity index is 1.57. The molecular formula is C29H23N2O4S-. The summed E-state index contributed by atoms with van der Waals surface area (Å²) in [6.45, 7) is 2.02. The first-order chi connectivity index (χ1) is 17.6. The molecule has 36 heavy (non-hydrogen) atoms. The minimum absolute atomic E-state index is 0.166. The molecule has 3 aliphatic heterocycles. The minimum Gasteiger partial charge on any atom is -0.668 e. The van der Waals surface area contributed by atoms with Crippen molar-refractivity contribution in [3.8, 4) is 11.1 Å². The average molecular weight is 496 g/mol. The van der Waals surface area contributed by atoms with Crippen molar-refractivity contribution in [2.75, 3.05) is 18.0 Å². The van der Waals surface area contributed by atoms with Gasteiger partial charge in [-0.1, -0.05) is 36.4 Å². The van der Waals surface area contributed by atoms with Crippen LogP contribution in [0.1, 0.15) is 45.3 Å². The van der Waals surface area contributed by atoms with Crippen molar-refractivity contribution in [2.45, 2.75) is 36.0 Å². The number of fused-ring (bicyclic) bond motifs is 3. The Kier molecular flexibility index (Phi) is 4.89. The summed E-state index contributed by atoms with van der Waals surface area (Å²) >= 11 is 1.50. The zero-order valence-electron chi connectivity index (χ0n) is 19.5. The number of anilines is 1. The Morgan fingerprint density at radius 3 is 2.67 bits per heavy atom. The molecule has 1 aromatic heterocycles. The number of benzene rings is 3. The molecule has 3 aliphatic rings. The van der Waals surface area contributed by atoms with E-state index in [1.807, 2.05) is 30.3 Å². The summed E-state index contributed by atoms with van der Waals surface area (Å²) in [6.07, 6.45) is 3.87. The summed E-state index contributed by atoms with van der Waals surface area (Å²) in [5.41, 5.74) is 6.24. The number of rotatable bonds is 3. The van der Waals surface area contributed by atoms with Crippen LogP contribution in [0.3, 0.4) is 0 Å². The molecule has 0 spiro atoms. The molecule has 1 unspecified atom stereocenters. The molecule has 0 bridgehead atoms. The van der Waals surface area contributed by atoms with Crippen LogP contribution in [-0.4, -0.2) is 24.2 Å². The fraction of sp³-hybridized carbons (Fsp3) is 0.241. The molecule has 4 aromatic rings. The van der Waals surface area contributed by atoms with Crippen LogP contribution in [0.25, 0.3) is 27.4 Å². The Morgan fingerprint density at radius 2 is 1.83 bits per heavy atom. The quantitative estimate of drug-likeness (QED) is 0.320. The molecule has 0 aliphatic carbocycles. The highest BCUT2D eigenvalue weighted by atomic mass is 32.2. The number of hydrogen-bond acceptors (Lipinski definition) is 5. The molecule has 0 radical (unpaired) electrons. The van der Waals surface area contributed by atoms with E-state index in [1.54, 1.807) is 18.2 Å². The Bertz CT molecular complexity index is 1600. The van der Waals surface area contributed by atoms with Crippen LogP contribution in [-0.2, 0) is 12.8 Å². The average Bonchev–Trinajstić information content (AvgIpc) is 3.32. The maximum atomic E-state index is 13.8. The van der Waals surface area contributed by atoms with Gasteiger partial charge in [-0.15, -0.1) is 17.4 Å². The van der Waals surface area contributed by atoms with Crippen molar-refractivity contribution in [1.82, 2.24) is 0 Å². The Hall–Kier alpha value is -3.71. The first kappa shape index (κ1) is 21.6. The van der Waals surface area contributed by atoms with E-state index in [4.69, 9.17) is 9.73 Å². The maximum Gasteiger partial charge on any atom is 0.339 e. The molecule has 4 heterocycles. The van der Waals surface area contributed by atoms with Crippen LogP contribution in [0.15, 0.2) is 68.7 Å². The predicted molar refractivity (Wildman–Crippen MR) is 142 cm³/mol. The van der Waals surface area contributed by atoms with Crippen molar-refractivity contribution in [3.05, 3.63) is 92.6 Å². The second-order valence-corrected chi connectivity index (χ2v) is 10.7. The van der Waals surface area contributed by atoms with Gasteiger partial charge in [-0.05, 0) is 65.3 Å². The lowest BCUT2D eigenvalue weighted by atomic mass is 9.86. The van der Waals surface area contributed by atoms with Gasteiger partial charge in [0, 0.05) is 40.9 Å². The number of carbonyl (C=O) groups is 1. The van der Waals surface area contributed by atoms with E-state index in [0.717, 1.165) is 60.3 Å². The first-order valence-electron chi connectivity index (χ1n) is 12.3. The third kappa shape index (κ3) is 3.19. The summed E-state index contributed by atoms with van der Waals surface area (Å²) < 4.78 is 6.13. The standard InChI is InChI=1S/C29H23N2O4S/c32-28(33)18-9-2-1-8-17(18)23-20-15-16-7-5-13-31-14-6-10-19(25(16)31)26(20)35-29(34)24(23)27-30-21-11-3-4-12-22(21)36-27/h1-4,8-9,11-12,15,27H,5-7,10,13-14H2,(H,32,33)/q-1. The number of aromatic carboxylic acids is 1. The zero-order valence-corrected chi connectivity index (χ0v) is 20.3. The summed E-state index contributed by atoms with van der Waals surface area (Å²) in [6, 6.07) is 16.9. The summed E-state index contributed by atoms with van der Waals surface area (Å²) in [4.78, 5) is 29.5. The normalized spacial score (nSPS) is 18.0. The summed E-state index contributed by atoms with van der Waals surface area (Å²) in [5, 5.41) is 15.2. The number of carboxylic acids is 1. The molecule has 0 amide bonds. The van der Waals surface area contributed by atoms with E-state index in [2.05, 4.69) is 11.0 Å². The third-order valence-electron chi connectivity index (χ3n) is 7.46. The number of carboxylic acid groups (broad SMARTS) is 1. The third-order valence-corrected chi connectivity index (χ3v) is 8.62. The lowest BCUT2D eigenvalue weighted by molar-refractivity contribution is 0.0697. The Labute approximate surface area is 211 Å². The van der Waals surface area contributed by atoms with Gasteiger partial charge in [0.15, 0.2) is 0 Å². The van der Waals surface area contributed by atoms with E-state index in [1.165, 1.54) is 23.0 Å². The summed E-state index contributed by atoms with van der Waals surface area (Å²) in [5.74, 6) is -1.03. The lowest BCUT2D eigenvalue weighted by Gasteiger charge is -2.37. The van der Waals surface area contributed by atoms with Crippen molar-refractivity contribution in [3.63, 3.8) is 0 Å². The fourth-order valence-corrected chi connectivity index (χ4v) is 7.13. The lowest BCUT2D eigenvalue weighted by Crippen LogP contribution is -2.34. The minimum atomic E-state index is -1.03. The number of thioether (sulfide) groups is 1. The van der Waals surface area contributed by atoms with E-state index in [9.17, 15) is 14.7 Å². The van der Waals surface area contributed by atoms with Gasteiger partial charge >= 0.3 is 11.6 Å². The zero-order chi connectivity index (χ0) is 24.4. The van der Waals surface area contributed by atoms with Gasteiger partial charge in [-0.3, -0.25) is 0 Å². The predicted octanol–water partition coefficient (Wildman–Crippen LogP) is 6.67. The number of nitrogens with zero attached hydrogens (tertiary/aromatic N) is 2. The van der Waals surface area contributed by atoms with Crippen LogP contribution in [0.5, 0.6) is 0 Å². The largest absolute Gasteiger partial charge is 0.668 e. The molecule has 1 N–H and O–H groups in total. The number of aryl methyl sites for hydroxylation is 2. The van der Waals surface area contributed by atoms with Gasteiger partial charge in [0.2, 0.25) is 0 Å². The van der Waals surface area contributed by atoms with Crippen molar-refractivity contribution < 1.29 is 14.3 Å². The fourth-order valence-electron chi connectivity index (χ4n) is 5.99. The van der Waals surface area contributed by atoms with Crippen LogP contribution < -0.4 is 10.5 Å². The molecule has 0 saturated heterocycles. The molecule has 0 fully saturated rings. The van der Waals surface area contributed by atoms with Crippen molar-refractivity contribution >= 4 is 40.1 Å². The maximum absolute atomic E-state index is 13.8. The van der Waals surface area contributed by atoms with Gasteiger partial charge in [0.25, 0.3) is 0 Å². The Morgan fingerprint density at radius 1 is 1.06 bits per heavy atom. The molecule has 3 aromatic carbocycles. The van der Waals surface area contributed by atoms with E-state index < -0.39 is 17.0 Å². The van der Waals surface area contributed by atoms with Gasteiger partial charge in [-0.2, -0.15) is 0 Å². The number of para-hydroxylation sites is 1. The highest BCUT2D eigenvalue weighted by Gasteiger charge is 2.31. The monoisotopic (exact) mass is 495 g/mol. The van der Waals surface area contributed by atoms with Gasteiger partial charge in [0.1, 0.15) is 5.58 Å². The second kappa shape index (κ2) is 8.17. The van der Waals surface area contributed by atoms with Crippen LogP contribution in [0.2, 0.25) is 0 Å². The first-order valence-corrected chi connectivity index (χ1v) is 13.2. The smallest absolute Gasteiger partial charge is 0.339 e. The van der Waals surface area contributed by atoms with Crippen LogP contribution >= 0.6 is 11.8 Å². The van der Waals surface area contributed by atoms with E-state index in [-0.39, 0.29) is 5.56 Å². The van der Waals surface area contributed by atoms with Gasteiger partial charge < -0.3 is 19.7 Å². The molecule has 180 valence electrons. The molecule has 7 rings (SSSR count). The van der Waals surface area contributed by atoms with Crippen LogP contribution in [0.4, 0.5) is 11.4 Å². The second-order valence-electron chi connectivity index (χ2n) is 9.53. The topological polar surface area (TPSA) is 84.8 Å². The number of hydrogen-bond donors (Lipinski definition) is 1. The molecule has 1 atom stereocenters. The van der Waals surface area contributed by atoms with Crippen molar-refractivity contribution in [1.29, 1.82) is 0 Å². The SMILES string of the molecule is O=C(O)c1ccccc1-c1c(C2[N-]c3ccccc3S2)c(=O)oc2c3c4c(cc12)CCCN4CCC3.